The number of fused-ring (bicyclic) bond motifs is 1. The van der Waals surface area contributed by atoms with E-state index in [0.717, 1.165) is 0 Å². The number of carbonyl (C=O) groups excluding carboxylic acids is 1. The number of nitrogens with one attached hydrogen (secondary N) is 1. The fourth-order valence-corrected chi connectivity index (χ4v) is 4.49. The number of esters is 1. The number of furan rings is 1. The minimum Gasteiger partial charge on any atom is -0.463 e. The average molecular weight is 438 g/mol. The van der Waals surface area contributed by atoms with E-state index < -0.39 is 16.0 Å². The first kappa shape index (κ1) is 21.1. The molecular weight excluding hydrogens is 418 g/mol. The number of H-pyrrole nitrogens is 1. The van der Waals surface area contributed by atoms with Crippen molar-refractivity contribution in [1.29, 1.82) is 0 Å². The number of aromatic nitrogens is 2. The number of aromatic amines is 1. The molecule has 154 valence electrons. The third kappa shape index (κ3) is 4.21. The lowest BCUT2D eigenvalue weighted by molar-refractivity contribution is 0.0564. The molecule has 0 fully saturated rings. The molecule has 0 radical (unpaired) electrons. The number of benzene rings is 1. The van der Waals surface area contributed by atoms with Crippen molar-refractivity contribution in [2.75, 3.05) is 20.2 Å². The lowest BCUT2D eigenvalue weighted by atomic mass is 10.3. The van der Waals surface area contributed by atoms with E-state index in [2.05, 4.69) is 14.7 Å². The summed E-state index contributed by atoms with van der Waals surface area (Å²) in [6.45, 7) is 4.35. The van der Waals surface area contributed by atoms with Gasteiger partial charge in [-0.15, -0.1) is 0 Å². The van der Waals surface area contributed by atoms with Gasteiger partial charge in [-0.25, -0.2) is 18.2 Å². The minimum atomic E-state index is -3.58. The second-order valence-corrected chi connectivity index (χ2v) is 8.38. The topological polar surface area (TPSA) is 106 Å². The SMILES string of the molecule is CCN(CC)S(=O)(=O)c1ccc2nc(/C(Cl)=C/c3ccc(C(=O)OC)o3)[nH]c2c1. The quantitative estimate of drug-likeness (QED) is 0.565. The van der Waals surface area contributed by atoms with Crippen LogP contribution in [0.2, 0.25) is 0 Å². The van der Waals surface area contributed by atoms with E-state index in [4.69, 9.17) is 16.0 Å². The molecule has 10 heteroatoms. The first-order valence-corrected chi connectivity index (χ1v) is 10.7. The molecule has 8 nitrogen and oxygen atoms in total. The molecule has 0 atom stereocenters. The third-order valence-electron chi connectivity index (χ3n) is 4.31. The van der Waals surface area contributed by atoms with Gasteiger partial charge >= 0.3 is 5.97 Å². The Morgan fingerprint density at radius 1 is 1.28 bits per heavy atom. The number of rotatable bonds is 7. The van der Waals surface area contributed by atoms with Crippen LogP contribution in [-0.2, 0) is 14.8 Å². The molecule has 0 aliphatic carbocycles. The molecule has 29 heavy (non-hydrogen) atoms. The van der Waals surface area contributed by atoms with E-state index in [1.54, 1.807) is 26.0 Å². The molecule has 2 aromatic heterocycles. The predicted octanol–water partition coefficient (Wildman–Crippen LogP) is 3.71. The summed E-state index contributed by atoms with van der Waals surface area (Å²) in [6, 6.07) is 7.73. The van der Waals surface area contributed by atoms with E-state index in [1.165, 1.54) is 35.7 Å². The van der Waals surface area contributed by atoms with Crippen molar-refractivity contribution in [2.45, 2.75) is 18.7 Å². The van der Waals surface area contributed by atoms with Crippen molar-refractivity contribution in [3.8, 4) is 0 Å². The summed E-state index contributed by atoms with van der Waals surface area (Å²) < 4.78 is 36.7. The van der Waals surface area contributed by atoms with Crippen LogP contribution in [0.1, 0.15) is 36.0 Å². The standard InChI is InChI=1S/C19H20ClN3O5S/c1-4-23(5-2)29(25,26)13-7-8-15-16(11-13)22-18(21-15)14(20)10-12-6-9-17(28-12)19(24)27-3/h6-11H,4-5H2,1-3H3,(H,21,22)/b14-10-. The molecule has 0 saturated carbocycles. The number of hydrogen-bond acceptors (Lipinski definition) is 6. The van der Waals surface area contributed by atoms with Gasteiger partial charge in [0, 0.05) is 19.2 Å². The number of hydrogen-bond donors (Lipinski definition) is 1. The van der Waals surface area contributed by atoms with Gasteiger partial charge in [0.2, 0.25) is 15.8 Å². The van der Waals surface area contributed by atoms with Crippen LogP contribution in [0.4, 0.5) is 0 Å². The lowest BCUT2D eigenvalue weighted by Gasteiger charge is -2.18. The maximum Gasteiger partial charge on any atom is 0.373 e. The van der Waals surface area contributed by atoms with Crippen LogP contribution in [0.3, 0.4) is 0 Å². The highest BCUT2D eigenvalue weighted by molar-refractivity contribution is 7.89. The van der Waals surface area contributed by atoms with Gasteiger partial charge in [-0.1, -0.05) is 25.4 Å². The van der Waals surface area contributed by atoms with Gasteiger partial charge in [0.25, 0.3) is 0 Å². The largest absolute Gasteiger partial charge is 0.463 e. The molecule has 1 N–H and O–H groups in total. The van der Waals surface area contributed by atoms with Crippen LogP contribution in [0, 0.1) is 0 Å². The Morgan fingerprint density at radius 3 is 2.66 bits per heavy atom. The van der Waals surface area contributed by atoms with E-state index >= 15 is 0 Å². The molecule has 0 bridgehead atoms. The van der Waals surface area contributed by atoms with Crippen LogP contribution in [0.5, 0.6) is 0 Å². The summed E-state index contributed by atoms with van der Waals surface area (Å²) in [5.74, 6) is 0.154. The molecule has 0 unspecified atom stereocenters. The van der Waals surface area contributed by atoms with E-state index in [1.807, 2.05) is 0 Å². The number of sulfonamides is 1. The Labute approximate surface area is 173 Å². The molecule has 0 spiro atoms. The number of imidazole rings is 1. The van der Waals surface area contributed by atoms with E-state index in [0.29, 0.717) is 35.7 Å². The molecule has 0 amide bonds. The Balaban J connectivity index is 1.93. The summed E-state index contributed by atoms with van der Waals surface area (Å²) in [5.41, 5.74) is 1.11. The predicted molar refractivity (Wildman–Crippen MR) is 110 cm³/mol. The maximum atomic E-state index is 12.7. The highest BCUT2D eigenvalue weighted by Crippen LogP contribution is 2.26. The molecule has 0 saturated heterocycles. The van der Waals surface area contributed by atoms with Crippen LogP contribution in [-0.4, -0.2) is 48.9 Å². The molecule has 0 aliphatic rings. The second kappa shape index (κ2) is 8.40. The minimum absolute atomic E-state index is 0.0547. The summed E-state index contributed by atoms with van der Waals surface area (Å²) in [5, 5.41) is 0.236. The number of ether oxygens (including phenoxy) is 1. The highest BCUT2D eigenvalue weighted by Gasteiger charge is 2.22. The van der Waals surface area contributed by atoms with Gasteiger partial charge in [-0.05, 0) is 30.3 Å². The lowest BCUT2D eigenvalue weighted by Crippen LogP contribution is -2.30. The number of methoxy groups -OCH3 is 1. The van der Waals surface area contributed by atoms with Crippen LogP contribution < -0.4 is 0 Å². The van der Waals surface area contributed by atoms with Crippen LogP contribution in [0.15, 0.2) is 39.6 Å². The van der Waals surface area contributed by atoms with Crippen molar-refractivity contribution in [2.24, 2.45) is 0 Å². The van der Waals surface area contributed by atoms with Crippen molar-refractivity contribution in [1.82, 2.24) is 14.3 Å². The maximum absolute atomic E-state index is 12.7. The molecule has 2 heterocycles. The van der Waals surface area contributed by atoms with Crippen molar-refractivity contribution < 1.29 is 22.4 Å². The highest BCUT2D eigenvalue weighted by atomic mass is 35.5. The van der Waals surface area contributed by atoms with Crippen molar-refractivity contribution in [3.63, 3.8) is 0 Å². The van der Waals surface area contributed by atoms with Gasteiger partial charge in [0.05, 0.1) is 28.1 Å². The van der Waals surface area contributed by atoms with Crippen molar-refractivity contribution in [3.05, 3.63) is 47.7 Å². The third-order valence-corrected chi connectivity index (χ3v) is 6.64. The Morgan fingerprint density at radius 2 is 2.00 bits per heavy atom. The number of carbonyl (C=O) groups is 1. The molecular formula is C19H20ClN3O5S. The van der Waals surface area contributed by atoms with Gasteiger partial charge in [0.1, 0.15) is 11.6 Å². The smallest absolute Gasteiger partial charge is 0.373 e. The molecule has 3 aromatic rings. The average Bonchev–Trinajstić information content (AvgIpc) is 3.34. The van der Waals surface area contributed by atoms with Crippen molar-refractivity contribution >= 4 is 49.7 Å². The summed E-state index contributed by atoms with van der Waals surface area (Å²) in [7, 11) is -2.32. The van der Waals surface area contributed by atoms with Crippen LogP contribution in [0.25, 0.3) is 22.1 Å². The van der Waals surface area contributed by atoms with Gasteiger partial charge in [-0.3, -0.25) is 0 Å². The van der Waals surface area contributed by atoms with Gasteiger partial charge in [-0.2, -0.15) is 4.31 Å². The van der Waals surface area contributed by atoms with Gasteiger partial charge in [0.15, 0.2) is 0 Å². The number of nitrogens with zero attached hydrogens (tertiary/aromatic N) is 2. The Hall–Kier alpha value is -2.62. The van der Waals surface area contributed by atoms with Gasteiger partial charge < -0.3 is 14.1 Å². The fraction of sp³-hybridized carbons (Fsp3) is 0.263. The molecule has 3 rings (SSSR count). The zero-order valence-corrected chi connectivity index (χ0v) is 17.7. The summed E-state index contributed by atoms with van der Waals surface area (Å²) in [4.78, 5) is 19.0. The molecule has 1 aromatic carbocycles. The first-order chi connectivity index (χ1) is 13.8. The first-order valence-electron chi connectivity index (χ1n) is 8.85. The van der Waals surface area contributed by atoms with E-state index in [-0.39, 0.29) is 15.7 Å². The zero-order chi connectivity index (χ0) is 21.2. The fourth-order valence-electron chi connectivity index (χ4n) is 2.81. The zero-order valence-electron chi connectivity index (χ0n) is 16.1. The van der Waals surface area contributed by atoms with Crippen LogP contribution >= 0.6 is 11.6 Å². The monoisotopic (exact) mass is 437 g/mol. The molecule has 0 aliphatic heterocycles. The Kier molecular flexibility index (Phi) is 6.11. The number of halogens is 1. The van der Waals surface area contributed by atoms with E-state index in [9.17, 15) is 13.2 Å². The Bertz CT molecular complexity index is 1180. The second-order valence-electron chi connectivity index (χ2n) is 6.04. The summed E-state index contributed by atoms with van der Waals surface area (Å²) >= 11 is 6.32. The normalized spacial score (nSPS) is 12.7. The summed E-state index contributed by atoms with van der Waals surface area (Å²) in [6.07, 6.45) is 1.50.